The Kier molecular flexibility index (Phi) is 14.1. The molecule has 0 spiro atoms. The second-order valence-electron chi connectivity index (χ2n) is 6.22. The van der Waals surface area contributed by atoms with E-state index in [1.54, 1.807) is 0 Å². The fraction of sp³-hybridized carbons (Fsp3) is 0.833. The van der Waals surface area contributed by atoms with Crippen molar-refractivity contribution in [3.8, 4) is 0 Å². The minimum absolute atomic E-state index is 0.155. The van der Waals surface area contributed by atoms with E-state index in [-0.39, 0.29) is 12.8 Å². The lowest BCUT2D eigenvalue weighted by molar-refractivity contribution is -0.137. The van der Waals surface area contributed by atoms with Crippen molar-refractivity contribution in [1.82, 2.24) is 0 Å². The second-order valence-corrected chi connectivity index (χ2v) is 6.22. The van der Waals surface area contributed by atoms with Crippen LogP contribution in [0.5, 0.6) is 0 Å². The summed E-state index contributed by atoms with van der Waals surface area (Å²) in [7, 11) is 0. The van der Waals surface area contributed by atoms with Gasteiger partial charge in [-0.15, -0.1) is 0 Å². The number of allylic oxidation sites excluding steroid dienone is 1. The van der Waals surface area contributed by atoms with Gasteiger partial charge < -0.3 is 20.4 Å². The first-order valence-electron chi connectivity index (χ1n) is 8.88. The molecular formula is C18H34O5. The van der Waals surface area contributed by atoms with Gasteiger partial charge in [0, 0.05) is 12.8 Å². The SMILES string of the molecule is CCCCC/C=C/C[C@H](O)[C@H](O)C[C@@H](O)CCCCCC(=O)O. The van der Waals surface area contributed by atoms with Crippen LogP contribution in [0.15, 0.2) is 12.2 Å². The van der Waals surface area contributed by atoms with E-state index in [1.807, 2.05) is 12.2 Å². The quantitative estimate of drug-likeness (QED) is 0.273. The molecule has 0 saturated heterocycles. The summed E-state index contributed by atoms with van der Waals surface area (Å²) in [5.74, 6) is -0.799. The summed E-state index contributed by atoms with van der Waals surface area (Å²) < 4.78 is 0. The van der Waals surface area contributed by atoms with Crippen molar-refractivity contribution in [1.29, 1.82) is 0 Å². The first-order chi connectivity index (χ1) is 11.0. The van der Waals surface area contributed by atoms with Gasteiger partial charge in [-0.2, -0.15) is 0 Å². The van der Waals surface area contributed by atoms with Gasteiger partial charge in [-0.25, -0.2) is 0 Å². The Labute approximate surface area is 140 Å². The summed E-state index contributed by atoms with van der Waals surface area (Å²) in [6.45, 7) is 2.15. The summed E-state index contributed by atoms with van der Waals surface area (Å²) in [4.78, 5) is 10.4. The van der Waals surface area contributed by atoms with Gasteiger partial charge in [0.15, 0.2) is 0 Å². The summed E-state index contributed by atoms with van der Waals surface area (Å²) in [5, 5.41) is 38.1. The van der Waals surface area contributed by atoms with Crippen molar-refractivity contribution in [3.63, 3.8) is 0 Å². The van der Waals surface area contributed by atoms with Crippen LogP contribution in [0, 0.1) is 0 Å². The molecule has 3 atom stereocenters. The third kappa shape index (κ3) is 14.4. The smallest absolute Gasteiger partial charge is 0.303 e. The van der Waals surface area contributed by atoms with Gasteiger partial charge in [0.2, 0.25) is 0 Å². The number of carbonyl (C=O) groups is 1. The molecule has 4 N–H and O–H groups in total. The molecule has 0 saturated carbocycles. The number of aliphatic hydroxyl groups excluding tert-OH is 3. The molecule has 5 heteroatoms. The Hall–Kier alpha value is -0.910. The molecule has 0 aliphatic heterocycles. The van der Waals surface area contributed by atoms with Gasteiger partial charge in [-0.1, -0.05) is 44.8 Å². The van der Waals surface area contributed by atoms with E-state index in [4.69, 9.17) is 5.11 Å². The van der Waals surface area contributed by atoms with E-state index in [0.29, 0.717) is 19.3 Å². The molecule has 0 rings (SSSR count). The molecule has 0 aliphatic carbocycles. The van der Waals surface area contributed by atoms with Crippen LogP contribution in [0.4, 0.5) is 0 Å². The fourth-order valence-corrected chi connectivity index (χ4v) is 2.41. The normalized spacial score (nSPS) is 15.7. The molecule has 0 amide bonds. The fourth-order valence-electron chi connectivity index (χ4n) is 2.41. The number of rotatable bonds is 15. The van der Waals surface area contributed by atoms with E-state index in [1.165, 1.54) is 12.8 Å². The number of carboxylic acids is 1. The zero-order valence-corrected chi connectivity index (χ0v) is 14.4. The molecule has 0 aliphatic rings. The largest absolute Gasteiger partial charge is 0.481 e. The number of unbranched alkanes of at least 4 members (excludes halogenated alkanes) is 5. The lowest BCUT2D eigenvalue weighted by Crippen LogP contribution is -2.29. The minimum atomic E-state index is -0.927. The van der Waals surface area contributed by atoms with Gasteiger partial charge in [0.05, 0.1) is 18.3 Å². The van der Waals surface area contributed by atoms with Gasteiger partial charge >= 0.3 is 5.97 Å². The van der Waals surface area contributed by atoms with E-state index in [9.17, 15) is 20.1 Å². The first-order valence-corrected chi connectivity index (χ1v) is 8.88. The highest BCUT2D eigenvalue weighted by molar-refractivity contribution is 5.66. The van der Waals surface area contributed by atoms with E-state index < -0.39 is 24.3 Å². The summed E-state index contributed by atoms with van der Waals surface area (Å²) in [6, 6.07) is 0. The molecule has 136 valence electrons. The van der Waals surface area contributed by atoms with Crippen molar-refractivity contribution < 1.29 is 25.2 Å². The number of aliphatic hydroxyl groups is 3. The van der Waals surface area contributed by atoms with Crippen LogP contribution in [0.1, 0.15) is 77.6 Å². The van der Waals surface area contributed by atoms with Crippen LogP contribution in [-0.2, 0) is 4.79 Å². The first kappa shape index (κ1) is 22.1. The van der Waals surface area contributed by atoms with Crippen molar-refractivity contribution in [2.24, 2.45) is 0 Å². The topological polar surface area (TPSA) is 98.0 Å². The van der Waals surface area contributed by atoms with Crippen molar-refractivity contribution in [2.45, 2.75) is 95.9 Å². The summed E-state index contributed by atoms with van der Waals surface area (Å²) in [5.41, 5.74) is 0. The Morgan fingerprint density at radius 1 is 0.957 bits per heavy atom. The highest BCUT2D eigenvalue weighted by Gasteiger charge is 2.18. The third-order valence-corrected chi connectivity index (χ3v) is 3.90. The van der Waals surface area contributed by atoms with Gasteiger partial charge in [-0.05, 0) is 32.1 Å². The van der Waals surface area contributed by atoms with Gasteiger partial charge in [0.1, 0.15) is 0 Å². The van der Waals surface area contributed by atoms with Crippen LogP contribution < -0.4 is 0 Å². The third-order valence-electron chi connectivity index (χ3n) is 3.90. The Morgan fingerprint density at radius 3 is 2.35 bits per heavy atom. The number of aliphatic carboxylic acids is 1. The summed E-state index contributed by atoms with van der Waals surface area (Å²) >= 11 is 0. The highest BCUT2D eigenvalue weighted by atomic mass is 16.4. The van der Waals surface area contributed by atoms with E-state index >= 15 is 0 Å². The minimum Gasteiger partial charge on any atom is -0.481 e. The molecule has 0 fully saturated rings. The maximum atomic E-state index is 10.4. The molecule has 0 radical (unpaired) electrons. The zero-order valence-electron chi connectivity index (χ0n) is 14.4. The number of hydrogen-bond acceptors (Lipinski definition) is 4. The lowest BCUT2D eigenvalue weighted by atomic mass is 10.00. The molecule has 23 heavy (non-hydrogen) atoms. The zero-order chi connectivity index (χ0) is 17.5. The molecule has 0 heterocycles. The molecule has 0 aromatic heterocycles. The molecule has 0 aromatic rings. The summed E-state index contributed by atoms with van der Waals surface area (Å²) in [6.07, 6.45) is 9.35. The average molecular weight is 330 g/mol. The van der Waals surface area contributed by atoms with E-state index in [0.717, 1.165) is 25.7 Å². The van der Waals surface area contributed by atoms with Crippen LogP contribution in [0.2, 0.25) is 0 Å². The van der Waals surface area contributed by atoms with Crippen LogP contribution in [-0.4, -0.2) is 44.7 Å². The van der Waals surface area contributed by atoms with Crippen LogP contribution in [0.3, 0.4) is 0 Å². The Bertz CT molecular complexity index is 317. The molecule has 5 nitrogen and oxygen atoms in total. The predicted octanol–water partition coefficient (Wildman–Crippen LogP) is 3.02. The monoisotopic (exact) mass is 330 g/mol. The lowest BCUT2D eigenvalue weighted by Gasteiger charge is -2.19. The van der Waals surface area contributed by atoms with Crippen molar-refractivity contribution in [2.75, 3.05) is 0 Å². The highest BCUT2D eigenvalue weighted by Crippen LogP contribution is 2.13. The predicted molar refractivity (Wildman–Crippen MR) is 91.3 cm³/mol. The van der Waals surface area contributed by atoms with Gasteiger partial charge in [0.25, 0.3) is 0 Å². The van der Waals surface area contributed by atoms with Crippen molar-refractivity contribution >= 4 is 5.97 Å². The van der Waals surface area contributed by atoms with E-state index in [2.05, 4.69) is 6.92 Å². The molecule has 0 unspecified atom stereocenters. The average Bonchev–Trinajstić information content (AvgIpc) is 2.49. The molecule has 0 bridgehead atoms. The number of carboxylic acid groups (broad SMARTS) is 1. The van der Waals surface area contributed by atoms with Gasteiger partial charge in [-0.3, -0.25) is 4.79 Å². The molecular weight excluding hydrogens is 296 g/mol. The van der Waals surface area contributed by atoms with Crippen LogP contribution >= 0.6 is 0 Å². The standard InChI is InChI=1S/C18H34O5/c1-2-3-4-5-6-9-12-16(20)17(21)14-15(19)11-8-7-10-13-18(22)23/h6,9,15-17,19-21H,2-5,7-8,10-14H2,1H3,(H,22,23)/b9-6+/t15-,16-,17+/m0/s1. The molecule has 0 aromatic carbocycles. The van der Waals surface area contributed by atoms with Crippen LogP contribution in [0.25, 0.3) is 0 Å². The second kappa shape index (κ2) is 14.7. The maximum Gasteiger partial charge on any atom is 0.303 e. The Balaban J connectivity index is 3.71. The maximum absolute atomic E-state index is 10.4. The van der Waals surface area contributed by atoms with Crippen molar-refractivity contribution in [3.05, 3.63) is 12.2 Å². The number of hydrogen-bond donors (Lipinski definition) is 4. The Morgan fingerprint density at radius 2 is 1.70 bits per heavy atom.